The molecule has 0 aromatic carbocycles. The van der Waals surface area contributed by atoms with Gasteiger partial charge in [-0.15, -0.1) is 0 Å². The van der Waals surface area contributed by atoms with E-state index in [1.54, 1.807) is 0 Å². The third kappa shape index (κ3) is 3.01. The second-order valence-electron chi connectivity index (χ2n) is 5.42. The van der Waals surface area contributed by atoms with E-state index < -0.39 is 0 Å². The van der Waals surface area contributed by atoms with E-state index >= 15 is 0 Å². The Hall–Kier alpha value is -0.680. The molecule has 18 heavy (non-hydrogen) atoms. The monoisotopic (exact) mass is 251 g/mol. The number of hydroxylamine groups is 2. The van der Waals surface area contributed by atoms with Crippen molar-refractivity contribution >= 4 is 0 Å². The van der Waals surface area contributed by atoms with E-state index in [-0.39, 0.29) is 12.4 Å². The van der Waals surface area contributed by atoms with Gasteiger partial charge < -0.3 is 4.90 Å². The lowest BCUT2D eigenvalue weighted by Gasteiger charge is -2.26. The van der Waals surface area contributed by atoms with Crippen LogP contribution in [-0.2, 0) is 4.84 Å². The van der Waals surface area contributed by atoms with Gasteiger partial charge in [-0.1, -0.05) is 18.2 Å². The average Bonchev–Trinajstić information content (AvgIpc) is 2.63. The van der Waals surface area contributed by atoms with E-state index in [1.807, 2.05) is 12.1 Å². The number of allylic oxidation sites excluding steroid dienone is 2. The number of nitrogens with zero attached hydrogens (tertiary/aromatic N) is 3. The van der Waals surface area contributed by atoms with Gasteiger partial charge in [0.15, 0.2) is 0 Å². The molecular formula is C14H25N3O. The van der Waals surface area contributed by atoms with Gasteiger partial charge in [-0.25, -0.2) is 0 Å². The molecule has 2 aliphatic rings. The van der Waals surface area contributed by atoms with E-state index in [1.165, 1.54) is 5.57 Å². The Bertz CT molecular complexity index is 338. The molecule has 1 heterocycles. The number of likely N-dealkylation sites (N-methyl/N-ethyl adjacent to an activating group) is 2. The van der Waals surface area contributed by atoms with E-state index in [2.05, 4.69) is 49.2 Å². The Kier molecular flexibility index (Phi) is 4.56. The first-order valence-electron chi connectivity index (χ1n) is 6.72. The zero-order valence-electron chi connectivity index (χ0n) is 12.0. The summed E-state index contributed by atoms with van der Waals surface area (Å²) in [5, 5.41) is 1.99. The molecular weight excluding hydrogens is 226 g/mol. The Morgan fingerprint density at radius 2 is 2.11 bits per heavy atom. The SMILES string of the molecule is CN(C)CCC1ON(C)C(C2=CCCC=C2)N1C. The maximum Gasteiger partial charge on any atom is 0.134 e. The highest BCUT2D eigenvalue weighted by molar-refractivity contribution is 5.27. The van der Waals surface area contributed by atoms with Crippen LogP contribution in [-0.4, -0.2) is 62.0 Å². The Morgan fingerprint density at radius 3 is 2.72 bits per heavy atom. The Balaban J connectivity index is 2.00. The molecule has 1 fully saturated rings. The highest BCUT2D eigenvalue weighted by atomic mass is 16.7. The molecule has 1 saturated heterocycles. The van der Waals surface area contributed by atoms with Crippen LogP contribution in [0.25, 0.3) is 0 Å². The largest absolute Gasteiger partial charge is 0.309 e. The maximum absolute atomic E-state index is 5.95. The smallest absolute Gasteiger partial charge is 0.134 e. The normalized spacial score (nSPS) is 30.2. The molecule has 2 unspecified atom stereocenters. The van der Waals surface area contributed by atoms with Gasteiger partial charge in [0.05, 0.1) is 0 Å². The average molecular weight is 251 g/mol. The third-order valence-corrected chi connectivity index (χ3v) is 3.62. The summed E-state index contributed by atoms with van der Waals surface area (Å²) in [4.78, 5) is 10.5. The van der Waals surface area contributed by atoms with E-state index in [9.17, 15) is 0 Å². The zero-order chi connectivity index (χ0) is 13.1. The molecule has 2 atom stereocenters. The first-order chi connectivity index (χ1) is 8.59. The molecule has 102 valence electrons. The van der Waals surface area contributed by atoms with E-state index in [0.717, 1.165) is 25.8 Å². The second-order valence-corrected chi connectivity index (χ2v) is 5.42. The fourth-order valence-corrected chi connectivity index (χ4v) is 2.63. The Labute approximate surface area is 110 Å². The van der Waals surface area contributed by atoms with Crippen molar-refractivity contribution < 1.29 is 4.84 Å². The fraction of sp³-hybridized carbons (Fsp3) is 0.714. The summed E-state index contributed by atoms with van der Waals surface area (Å²) in [6.45, 7) is 1.05. The molecule has 1 aliphatic carbocycles. The third-order valence-electron chi connectivity index (χ3n) is 3.62. The first-order valence-corrected chi connectivity index (χ1v) is 6.72. The molecule has 0 aromatic rings. The van der Waals surface area contributed by atoms with Crippen LogP contribution in [0.2, 0.25) is 0 Å². The lowest BCUT2D eigenvalue weighted by molar-refractivity contribution is -0.144. The minimum absolute atomic E-state index is 0.179. The summed E-state index contributed by atoms with van der Waals surface area (Å²) in [7, 11) is 8.38. The van der Waals surface area contributed by atoms with E-state index in [0.29, 0.717) is 0 Å². The highest BCUT2D eigenvalue weighted by Crippen LogP contribution is 2.28. The van der Waals surface area contributed by atoms with Crippen molar-refractivity contribution in [3.63, 3.8) is 0 Å². The molecule has 0 N–H and O–H groups in total. The molecule has 0 bridgehead atoms. The number of hydrogen-bond acceptors (Lipinski definition) is 4. The van der Waals surface area contributed by atoms with E-state index in [4.69, 9.17) is 4.84 Å². The van der Waals surface area contributed by atoms with Crippen molar-refractivity contribution in [2.45, 2.75) is 31.7 Å². The van der Waals surface area contributed by atoms with Crippen LogP contribution >= 0.6 is 0 Å². The van der Waals surface area contributed by atoms with Gasteiger partial charge in [0.25, 0.3) is 0 Å². The van der Waals surface area contributed by atoms with Gasteiger partial charge >= 0.3 is 0 Å². The van der Waals surface area contributed by atoms with Crippen LogP contribution in [0.4, 0.5) is 0 Å². The van der Waals surface area contributed by atoms with Crippen LogP contribution in [0.1, 0.15) is 19.3 Å². The van der Waals surface area contributed by atoms with Crippen molar-refractivity contribution in [1.29, 1.82) is 0 Å². The summed E-state index contributed by atoms with van der Waals surface area (Å²) in [5.74, 6) is 0. The van der Waals surface area contributed by atoms with Crippen LogP contribution in [0.5, 0.6) is 0 Å². The second kappa shape index (κ2) is 5.97. The van der Waals surface area contributed by atoms with Crippen molar-refractivity contribution in [3.05, 3.63) is 23.8 Å². The molecule has 2 rings (SSSR count). The van der Waals surface area contributed by atoms with Gasteiger partial charge in [-0.2, -0.15) is 5.06 Å². The maximum atomic E-state index is 5.95. The molecule has 0 aromatic heterocycles. The van der Waals surface area contributed by atoms with Crippen molar-refractivity contribution in [2.75, 3.05) is 34.7 Å². The molecule has 1 aliphatic heterocycles. The lowest BCUT2D eigenvalue weighted by atomic mass is 10.0. The molecule has 0 spiro atoms. The topological polar surface area (TPSA) is 19.0 Å². The van der Waals surface area contributed by atoms with Crippen LogP contribution in [0.15, 0.2) is 23.8 Å². The highest BCUT2D eigenvalue weighted by Gasteiger charge is 2.37. The fourth-order valence-electron chi connectivity index (χ4n) is 2.63. The summed E-state index contributed by atoms with van der Waals surface area (Å²) in [6.07, 6.45) is 10.6. The van der Waals surface area contributed by atoms with Gasteiger partial charge in [0.2, 0.25) is 0 Å². The number of rotatable bonds is 4. The minimum atomic E-state index is 0.179. The summed E-state index contributed by atoms with van der Waals surface area (Å²) < 4.78 is 0. The summed E-state index contributed by atoms with van der Waals surface area (Å²) in [5.41, 5.74) is 1.36. The first kappa shape index (κ1) is 13.7. The van der Waals surface area contributed by atoms with Crippen LogP contribution < -0.4 is 0 Å². The van der Waals surface area contributed by atoms with Crippen LogP contribution in [0, 0.1) is 0 Å². The zero-order valence-corrected chi connectivity index (χ0v) is 12.0. The lowest BCUT2D eigenvalue weighted by Crippen LogP contribution is -2.38. The van der Waals surface area contributed by atoms with Gasteiger partial charge in [0, 0.05) is 20.0 Å². The van der Waals surface area contributed by atoms with Crippen LogP contribution in [0.3, 0.4) is 0 Å². The van der Waals surface area contributed by atoms with Crippen molar-refractivity contribution in [2.24, 2.45) is 0 Å². The molecule has 0 amide bonds. The summed E-state index contributed by atoms with van der Waals surface area (Å²) >= 11 is 0. The summed E-state index contributed by atoms with van der Waals surface area (Å²) in [6, 6.07) is 0. The molecule has 4 nitrogen and oxygen atoms in total. The predicted octanol–water partition coefficient (Wildman–Crippen LogP) is 1.68. The van der Waals surface area contributed by atoms with Gasteiger partial charge in [-0.05, 0) is 39.6 Å². The van der Waals surface area contributed by atoms with Crippen molar-refractivity contribution in [1.82, 2.24) is 14.9 Å². The van der Waals surface area contributed by atoms with Crippen molar-refractivity contribution in [3.8, 4) is 0 Å². The molecule has 4 heteroatoms. The van der Waals surface area contributed by atoms with Gasteiger partial charge in [0.1, 0.15) is 12.4 Å². The predicted molar refractivity (Wildman–Crippen MR) is 73.8 cm³/mol. The Morgan fingerprint density at radius 1 is 1.33 bits per heavy atom. The number of hydrogen-bond donors (Lipinski definition) is 0. The van der Waals surface area contributed by atoms with Gasteiger partial charge in [-0.3, -0.25) is 9.74 Å². The molecule has 0 saturated carbocycles. The minimum Gasteiger partial charge on any atom is -0.309 e. The quantitative estimate of drug-likeness (QED) is 0.756. The standard InChI is InChI=1S/C14H25N3O/c1-15(2)11-10-13-16(3)14(17(4)18-13)12-8-6-5-7-9-12/h6,8-9,13-14H,5,7,10-11H2,1-4H3. The molecule has 0 radical (unpaired) electrons.